The molecule has 0 aliphatic carbocycles. The predicted molar refractivity (Wildman–Crippen MR) is 115 cm³/mol. The van der Waals surface area contributed by atoms with E-state index < -0.39 is 11.6 Å². The number of nitrogens with zero attached hydrogens (tertiary/aromatic N) is 1. The molecule has 0 unspecified atom stereocenters. The number of rotatable bonds is 7. The number of aryl methyl sites for hydroxylation is 4. The largest absolute Gasteiger partial charge is 0.497 e. The molecule has 1 atom stereocenters. The number of ketones is 1. The summed E-state index contributed by atoms with van der Waals surface area (Å²) in [5, 5.41) is 2.78. The van der Waals surface area contributed by atoms with Gasteiger partial charge in [-0.3, -0.25) is 14.5 Å². The summed E-state index contributed by atoms with van der Waals surface area (Å²) in [4.78, 5) is 39.5. The summed E-state index contributed by atoms with van der Waals surface area (Å²) in [6.45, 7) is 7.17. The van der Waals surface area contributed by atoms with Crippen molar-refractivity contribution in [1.29, 1.82) is 0 Å². The monoisotopic (exact) mass is 408 g/mol. The van der Waals surface area contributed by atoms with Crippen LogP contribution < -0.4 is 10.1 Å². The van der Waals surface area contributed by atoms with Crippen LogP contribution in [0.4, 0.5) is 4.79 Å². The van der Waals surface area contributed by atoms with Crippen molar-refractivity contribution >= 4 is 17.7 Å². The molecule has 6 heteroatoms. The van der Waals surface area contributed by atoms with E-state index in [1.807, 2.05) is 57.2 Å². The van der Waals surface area contributed by atoms with Crippen LogP contribution in [-0.2, 0) is 11.2 Å². The third-order valence-electron chi connectivity index (χ3n) is 5.68. The van der Waals surface area contributed by atoms with Crippen LogP contribution in [0.1, 0.15) is 46.0 Å². The molecule has 0 aromatic heterocycles. The van der Waals surface area contributed by atoms with Gasteiger partial charge < -0.3 is 10.1 Å². The first-order valence-electron chi connectivity index (χ1n) is 10.0. The van der Waals surface area contributed by atoms with Gasteiger partial charge in [-0.25, -0.2) is 4.79 Å². The van der Waals surface area contributed by atoms with Gasteiger partial charge in [0.15, 0.2) is 5.78 Å². The molecule has 0 spiro atoms. The predicted octanol–water partition coefficient (Wildman–Crippen LogP) is 3.75. The number of Topliss-reactive ketones (excluding diaryl/α,β-unsaturated/α-hetero) is 1. The number of amides is 3. The zero-order valence-corrected chi connectivity index (χ0v) is 18.2. The van der Waals surface area contributed by atoms with E-state index in [9.17, 15) is 14.4 Å². The summed E-state index contributed by atoms with van der Waals surface area (Å²) in [5.41, 5.74) is 3.36. The fourth-order valence-corrected chi connectivity index (χ4v) is 4.09. The van der Waals surface area contributed by atoms with Gasteiger partial charge in [-0.1, -0.05) is 29.8 Å². The SMILES string of the molecule is COc1ccc(CC[C@@]2(C)NC(=O)N(CC(=O)c3c(C)cc(C)cc3C)C2=O)cc1. The van der Waals surface area contributed by atoms with Crippen LogP contribution in [0.3, 0.4) is 0 Å². The molecular formula is C24H28N2O4. The van der Waals surface area contributed by atoms with Crippen LogP contribution in [0.5, 0.6) is 5.75 Å². The molecule has 1 saturated heterocycles. The highest BCUT2D eigenvalue weighted by molar-refractivity contribution is 6.11. The third kappa shape index (κ3) is 4.22. The van der Waals surface area contributed by atoms with Crippen molar-refractivity contribution in [3.63, 3.8) is 0 Å². The highest BCUT2D eigenvalue weighted by atomic mass is 16.5. The quantitative estimate of drug-likeness (QED) is 0.559. The molecule has 1 fully saturated rings. The van der Waals surface area contributed by atoms with Crippen molar-refractivity contribution in [3.05, 3.63) is 64.2 Å². The van der Waals surface area contributed by atoms with E-state index in [1.54, 1.807) is 14.0 Å². The Labute approximate surface area is 177 Å². The Hall–Kier alpha value is -3.15. The molecule has 1 heterocycles. The average molecular weight is 408 g/mol. The van der Waals surface area contributed by atoms with Gasteiger partial charge in [0.1, 0.15) is 11.3 Å². The van der Waals surface area contributed by atoms with Crippen molar-refractivity contribution in [2.45, 2.75) is 46.1 Å². The Morgan fingerprint density at radius 2 is 1.67 bits per heavy atom. The number of benzene rings is 2. The number of imide groups is 1. The Morgan fingerprint density at radius 1 is 1.07 bits per heavy atom. The second-order valence-corrected chi connectivity index (χ2v) is 8.20. The lowest BCUT2D eigenvalue weighted by molar-refractivity contribution is -0.130. The number of nitrogens with one attached hydrogen (secondary N) is 1. The maximum absolute atomic E-state index is 13.0. The number of hydrogen-bond donors (Lipinski definition) is 1. The van der Waals surface area contributed by atoms with Gasteiger partial charge in [-0.05, 0) is 69.4 Å². The molecule has 0 saturated carbocycles. The van der Waals surface area contributed by atoms with E-state index in [2.05, 4.69) is 5.32 Å². The lowest BCUT2D eigenvalue weighted by atomic mass is 9.93. The Balaban J connectivity index is 1.71. The van der Waals surface area contributed by atoms with Crippen LogP contribution in [0.15, 0.2) is 36.4 Å². The molecule has 6 nitrogen and oxygen atoms in total. The Kier molecular flexibility index (Phi) is 5.97. The van der Waals surface area contributed by atoms with E-state index in [4.69, 9.17) is 4.74 Å². The topological polar surface area (TPSA) is 75.7 Å². The highest BCUT2D eigenvalue weighted by Crippen LogP contribution is 2.25. The van der Waals surface area contributed by atoms with E-state index >= 15 is 0 Å². The highest BCUT2D eigenvalue weighted by Gasteiger charge is 2.47. The molecule has 3 amide bonds. The fourth-order valence-electron chi connectivity index (χ4n) is 4.09. The summed E-state index contributed by atoms with van der Waals surface area (Å²) in [6.07, 6.45) is 1.06. The van der Waals surface area contributed by atoms with Gasteiger partial charge >= 0.3 is 6.03 Å². The Bertz CT molecular complexity index is 974. The van der Waals surface area contributed by atoms with Crippen LogP contribution in [0.2, 0.25) is 0 Å². The van der Waals surface area contributed by atoms with Gasteiger partial charge in [0.25, 0.3) is 5.91 Å². The zero-order valence-electron chi connectivity index (χ0n) is 18.2. The number of urea groups is 1. The maximum atomic E-state index is 13.0. The van der Waals surface area contributed by atoms with Gasteiger partial charge in [-0.15, -0.1) is 0 Å². The normalized spacial score (nSPS) is 18.5. The van der Waals surface area contributed by atoms with E-state index in [0.717, 1.165) is 32.9 Å². The number of carbonyl (C=O) groups excluding carboxylic acids is 3. The van der Waals surface area contributed by atoms with Crippen molar-refractivity contribution in [2.75, 3.05) is 13.7 Å². The molecule has 0 bridgehead atoms. The number of hydrogen-bond acceptors (Lipinski definition) is 4. The molecule has 2 aromatic carbocycles. The van der Waals surface area contributed by atoms with Crippen molar-refractivity contribution in [2.24, 2.45) is 0 Å². The van der Waals surface area contributed by atoms with Crippen LogP contribution in [0, 0.1) is 20.8 Å². The zero-order chi connectivity index (χ0) is 22.1. The standard InChI is InChI=1S/C24H28N2O4/c1-15-12-16(2)21(17(3)13-15)20(27)14-26-22(28)24(4,25-23(26)29)11-10-18-6-8-19(30-5)9-7-18/h6-9,12-13H,10-11,14H2,1-5H3,(H,25,29)/t24-/m1/s1. The first kappa shape index (κ1) is 21.6. The minimum atomic E-state index is -1.03. The molecule has 0 radical (unpaired) electrons. The lowest BCUT2D eigenvalue weighted by Crippen LogP contribution is -2.44. The molecule has 1 N–H and O–H groups in total. The summed E-state index contributed by atoms with van der Waals surface area (Å²) >= 11 is 0. The number of carbonyl (C=O) groups is 3. The molecule has 30 heavy (non-hydrogen) atoms. The molecule has 1 aliphatic heterocycles. The van der Waals surface area contributed by atoms with Gasteiger partial charge in [-0.2, -0.15) is 0 Å². The van der Waals surface area contributed by atoms with Crippen LogP contribution in [0.25, 0.3) is 0 Å². The minimum absolute atomic E-state index is 0.229. The minimum Gasteiger partial charge on any atom is -0.497 e. The van der Waals surface area contributed by atoms with Crippen LogP contribution >= 0.6 is 0 Å². The summed E-state index contributed by atoms with van der Waals surface area (Å²) in [7, 11) is 1.61. The Morgan fingerprint density at radius 3 is 2.23 bits per heavy atom. The molecule has 3 rings (SSSR count). The smallest absolute Gasteiger partial charge is 0.325 e. The maximum Gasteiger partial charge on any atom is 0.325 e. The van der Waals surface area contributed by atoms with Gasteiger partial charge in [0, 0.05) is 5.56 Å². The fraction of sp³-hybridized carbons (Fsp3) is 0.375. The first-order chi connectivity index (χ1) is 14.1. The summed E-state index contributed by atoms with van der Waals surface area (Å²) in [5.74, 6) is 0.172. The second kappa shape index (κ2) is 8.30. The van der Waals surface area contributed by atoms with Gasteiger partial charge in [0.2, 0.25) is 0 Å². The average Bonchev–Trinajstić information content (AvgIpc) is 2.89. The molecular weight excluding hydrogens is 380 g/mol. The van der Waals surface area contributed by atoms with Crippen molar-refractivity contribution < 1.29 is 19.1 Å². The first-order valence-corrected chi connectivity index (χ1v) is 10.0. The number of methoxy groups -OCH3 is 1. The summed E-state index contributed by atoms with van der Waals surface area (Å²) < 4.78 is 5.16. The van der Waals surface area contributed by atoms with E-state index in [1.165, 1.54) is 0 Å². The third-order valence-corrected chi connectivity index (χ3v) is 5.68. The molecule has 1 aliphatic rings. The van der Waals surface area contributed by atoms with E-state index in [0.29, 0.717) is 18.4 Å². The summed E-state index contributed by atoms with van der Waals surface area (Å²) in [6, 6.07) is 11.0. The molecule has 158 valence electrons. The second-order valence-electron chi connectivity index (χ2n) is 8.20. The lowest BCUT2D eigenvalue weighted by Gasteiger charge is -2.22. The van der Waals surface area contributed by atoms with E-state index in [-0.39, 0.29) is 18.2 Å². The van der Waals surface area contributed by atoms with Crippen molar-refractivity contribution in [1.82, 2.24) is 10.2 Å². The molecule has 2 aromatic rings. The number of ether oxygens (including phenoxy) is 1. The van der Waals surface area contributed by atoms with Crippen molar-refractivity contribution in [3.8, 4) is 5.75 Å². The van der Waals surface area contributed by atoms with Gasteiger partial charge in [0.05, 0.1) is 13.7 Å². The van der Waals surface area contributed by atoms with Crippen LogP contribution in [-0.4, -0.2) is 41.8 Å².